The summed E-state index contributed by atoms with van der Waals surface area (Å²) in [5.41, 5.74) is 4.21. The van der Waals surface area contributed by atoms with E-state index in [9.17, 15) is 43.7 Å². The zero-order chi connectivity index (χ0) is 50.2. The third-order valence-electron chi connectivity index (χ3n) is 11.5. The highest BCUT2D eigenvalue weighted by Gasteiger charge is 2.43. The van der Waals surface area contributed by atoms with E-state index in [0.717, 1.165) is 11.1 Å². The third-order valence-corrected chi connectivity index (χ3v) is 13.9. The molecule has 19 nitrogen and oxygen atoms in total. The number of anilines is 1. The smallest absolute Gasteiger partial charge is 0.264 e. The van der Waals surface area contributed by atoms with E-state index in [1.807, 2.05) is 79.7 Å². The Balaban J connectivity index is 1.75. The Kier molecular flexibility index (Phi) is 21.4. The molecule has 1 aromatic rings. The molecule has 1 unspecified atom stereocenters. The zero-order valence-corrected chi connectivity index (χ0v) is 42.1. The van der Waals surface area contributed by atoms with Crippen LogP contribution in [-0.4, -0.2) is 129 Å². The van der Waals surface area contributed by atoms with Gasteiger partial charge in [0.1, 0.15) is 34.8 Å². The number of carbonyl (C=O) groups is 1. The maximum atomic E-state index is 12.3. The van der Waals surface area contributed by atoms with Crippen LogP contribution in [0, 0.1) is 0 Å². The van der Waals surface area contributed by atoms with Crippen molar-refractivity contribution in [3.8, 4) is 11.3 Å². The molecule has 0 spiro atoms. The number of ether oxygens (including phenoxy) is 4. The molecular weight excluding hydrogens is 945 g/mol. The van der Waals surface area contributed by atoms with E-state index in [4.69, 9.17) is 23.4 Å². The van der Waals surface area contributed by atoms with Crippen molar-refractivity contribution in [1.82, 2.24) is 10.0 Å². The number of nitrogens with zero attached hydrogens (tertiary/aromatic N) is 2. The fraction of sp³-hybridized carbons (Fsp3) is 0.565. The van der Waals surface area contributed by atoms with Gasteiger partial charge in [-0.05, 0) is 80.1 Å². The second-order valence-electron chi connectivity index (χ2n) is 17.7. The molecule has 0 bridgehead atoms. The number of nitrogens with one attached hydrogen (secondary N) is 1. The number of carbonyl (C=O) groups excluding carboxylic acids is 1. The van der Waals surface area contributed by atoms with Crippen molar-refractivity contribution < 1.29 is 72.9 Å². The number of methoxy groups -OCH3 is 1. The van der Waals surface area contributed by atoms with Gasteiger partial charge in [-0.15, -0.1) is 0 Å². The molecule has 1 atom stereocenters. The summed E-state index contributed by atoms with van der Waals surface area (Å²) in [7, 11) is -12.3. The topological polar surface area (TPSA) is 285 Å². The Labute approximate surface area is 400 Å². The summed E-state index contributed by atoms with van der Waals surface area (Å²) in [5.74, 6) is 3.23. The largest absolute Gasteiger partial charge is 0.748 e. The van der Waals surface area contributed by atoms with Gasteiger partial charge in [-0.3, -0.25) is 10.6 Å². The second kappa shape index (κ2) is 25.7. The number of hydrogen-bond donors (Lipinski definition) is 2. The van der Waals surface area contributed by atoms with Crippen LogP contribution in [-0.2, 0) is 64.9 Å². The first kappa shape index (κ1) is 56.5. The number of allylic oxidation sites excluding steroid dienone is 3. The SMILES string of the molecule is COCCOCCOCCOCC[N+](CCCS(=O)(=O)[O-])=c1ccc2c(C=CC=C3N(CCCCCC(=O)N[NH3+])c4ccc(S(=O)(=O)[O-])cc4C3(C)CCCS(=O)(=O)[O-])cc(C(C)(C)C)oc-2c1. The maximum Gasteiger partial charge on any atom is 0.264 e. The molecule has 4 rings (SSSR count). The summed E-state index contributed by atoms with van der Waals surface area (Å²) < 4.78 is 137. The Hall–Kier alpha value is -4.07. The van der Waals surface area contributed by atoms with Crippen molar-refractivity contribution in [3.05, 3.63) is 82.6 Å². The minimum Gasteiger partial charge on any atom is -0.748 e. The van der Waals surface area contributed by atoms with Crippen molar-refractivity contribution >= 4 is 48.0 Å². The zero-order valence-electron chi connectivity index (χ0n) is 39.7. The van der Waals surface area contributed by atoms with Gasteiger partial charge in [-0.25, -0.2) is 35.3 Å². The van der Waals surface area contributed by atoms with Crippen molar-refractivity contribution in [2.75, 3.05) is 89.4 Å². The number of quaternary nitrogens is 1. The summed E-state index contributed by atoms with van der Waals surface area (Å²) in [6.45, 7) is 11.6. The number of fused-ring (bicyclic) bond motifs is 2. The minimum absolute atomic E-state index is 0.0383. The molecule has 22 heteroatoms. The third kappa shape index (κ3) is 17.7. The molecular formula is C46H67N4O15S3-. The highest BCUT2D eigenvalue weighted by molar-refractivity contribution is 7.86. The molecule has 1 aliphatic carbocycles. The van der Waals surface area contributed by atoms with Crippen LogP contribution < -0.4 is 26.1 Å². The first-order valence-corrected chi connectivity index (χ1v) is 27.1. The maximum absolute atomic E-state index is 12.3. The van der Waals surface area contributed by atoms with Gasteiger partial charge in [0, 0.05) is 71.8 Å². The van der Waals surface area contributed by atoms with Gasteiger partial charge < -0.3 is 41.9 Å². The molecule has 3 aliphatic rings. The Bertz CT molecular complexity index is 2590. The van der Waals surface area contributed by atoms with E-state index >= 15 is 0 Å². The number of rotatable bonds is 29. The molecule has 2 heterocycles. The highest BCUT2D eigenvalue weighted by Crippen LogP contribution is 2.51. The second-order valence-corrected chi connectivity index (χ2v) is 22.2. The minimum atomic E-state index is -4.87. The molecule has 380 valence electrons. The summed E-state index contributed by atoms with van der Waals surface area (Å²) in [4.78, 5) is 13.4. The van der Waals surface area contributed by atoms with Gasteiger partial charge in [-0.2, -0.15) is 0 Å². The van der Waals surface area contributed by atoms with Crippen LogP contribution in [0.3, 0.4) is 0 Å². The Morgan fingerprint density at radius 1 is 0.824 bits per heavy atom. The molecule has 0 saturated heterocycles. The molecule has 2 aliphatic heterocycles. The lowest BCUT2D eigenvalue weighted by Crippen LogP contribution is -2.67. The highest BCUT2D eigenvalue weighted by atomic mass is 32.2. The van der Waals surface area contributed by atoms with E-state index in [2.05, 4.69) is 11.3 Å². The Morgan fingerprint density at radius 3 is 2.09 bits per heavy atom. The van der Waals surface area contributed by atoms with Crippen molar-refractivity contribution in [3.63, 3.8) is 0 Å². The average Bonchev–Trinajstić information content (AvgIpc) is 3.48. The molecule has 1 aromatic carbocycles. The van der Waals surface area contributed by atoms with E-state index in [-0.39, 0.29) is 44.7 Å². The summed E-state index contributed by atoms with van der Waals surface area (Å²) in [6, 6.07) is 11.7. The van der Waals surface area contributed by atoms with E-state index in [1.165, 1.54) is 12.1 Å². The van der Waals surface area contributed by atoms with Crippen LogP contribution >= 0.6 is 0 Å². The van der Waals surface area contributed by atoms with Crippen LogP contribution in [0.1, 0.15) is 89.5 Å². The first-order valence-electron chi connectivity index (χ1n) is 22.6. The predicted octanol–water partition coefficient (Wildman–Crippen LogP) is 2.82. The van der Waals surface area contributed by atoms with E-state index in [0.29, 0.717) is 106 Å². The van der Waals surface area contributed by atoms with Gasteiger partial charge in [0.15, 0.2) is 6.54 Å². The van der Waals surface area contributed by atoms with Gasteiger partial charge in [-0.1, -0.05) is 39.3 Å². The van der Waals surface area contributed by atoms with Crippen LogP contribution in [0.4, 0.5) is 5.69 Å². The van der Waals surface area contributed by atoms with Crippen LogP contribution in [0.5, 0.6) is 0 Å². The van der Waals surface area contributed by atoms with Gasteiger partial charge in [0.05, 0.1) is 70.8 Å². The van der Waals surface area contributed by atoms with Crippen molar-refractivity contribution in [2.45, 2.75) is 88.4 Å². The lowest BCUT2D eigenvalue weighted by molar-refractivity contribution is -0.427. The molecule has 0 aromatic heterocycles. The fourth-order valence-corrected chi connectivity index (χ4v) is 9.40. The normalized spacial score (nSPS) is 16.8. The molecule has 1 amide bonds. The molecule has 4 N–H and O–H groups in total. The van der Waals surface area contributed by atoms with E-state index < -0.39 is 57.6 Å². The van der Waals surface area contributed by atoms with Crippen molar-refractivity contribution in [2.24, 2.45) is 0 Å². The number of benzene rings is 2. The molecule has 0 fully saturated rings. The Morgan fingerprint density at radius 2 is 1.47 bits per heavy atom. The lowest BCUT2D eigenvalue weighted by Gasteiger charge is -2.31. The lowest BCUT2D eigenvalue weighted by atomic mass is 9.77. The fourth-order valence-electron chi connectivity index (χ4n) is 7.92. The molecule has 0 saturated carbocycles. The summed E-state index contributed by atoms with van der Waals surface area (Å²) in [6.07, 6.45) is 7.94. The number of amides is 1. The average molecular weight is 1010 g/mol. The van der Waals surface area contributed by atoms with Gasteiger partial charge in [0.2, 0.25) is 5.36 Å². The summed E-state index contributed by atoms with van der Waals surface area (Å²) >= 11 is 0. The number of hydrogen-bond acceptors (Lipinski definition) is 16. The van der Waals surface area contributed by atoms with Crippen LogP contribution in [0.15, 0.2) is 69.6 Å². The monoisotopic (exact) mass is 1010 g/mol. The molecule has 68 heavy (non-hydrogen) atoms. The molecule has 0 radical (unpaired) electrons. The van der Waals surface area contributed by atoms with Crippen molar-refractivity contribution in [1.29, 1.82) is 0 Å². The van der Waals surface area contributed by atoms with Gasteiger partial charge in [0.25, 0.3) is 5.91 Å². The standard InChI is InChI=1S/C46H68N4O15S3/c1-45(2,3)43-32-35(38-17-15-36(33-41(38)65-43)49(20-11-31-67(55,56)57)22-23-62-26-27-64-29-28-63-25-24-61-5)12-9-13-42-46(4,19-10-30-66(52,53)54)39-34-37(68(58,59)60)16-18-40(39)50(42)21-8-6-7-14-44(51)48-47/h9,12-13,15-18,32-34H,6-8,10-11,14,19-31,47H2,1-5H3,(H3-,48,51,52,53,54,55,56,57,58,59,60)/p-1. The van der Waals surface area contributed by atoms with E-state index in [1.54, 1.807) is 13.2 Å². The van der Waals surface area contributed by atoms with Crippen LogP contribution in [0.25, 0.3) is 17.4 Å². The van der Waals surface area contributed by atoms with Crippen LogP contribution in [0.2, 0.25) is 0 Å². The predicted molar refractivity (Wildman–Crippen MR) is 252 cm³/mol. The van der Waals surface area contributed by atoms with Gasteiger partial charge >= 0.3 is 0 Å². The number of unbranched alkanes of at least 4 members (excludes halogenated alkanes) is 2. The first-order chi connectivity index (χ1) is 32.0. The quantitative estimate of drug-likeness (QED) is 0.0438. The summed E-state index contributed by atoms with van der Waals surface area (Å²) in [5, 5.41) is 0.711.